The lowest BCUT2D eigenvalue weighted by atomic mass is 10.1. The molecule has 0 aromatic heterocycles. The summed E-state index contributed by atoms with van der Waals surface area (Å²) in [5.41, 5.74) is 0. The van der Waals surface area contributed by atoms with Crippen molar-refractivity contribution in [3.05, 3.63) is 54.6 Å². The van der Waals surface area contributed by atoms with Crippen molar-refractivity contribution in [3.63, 3.8) is 0 Å². The summed E-state index contributed by atoms with van der Waals surface area (Å²) in [5, 5.41) is 1.63. The molecule has 0 aliphatic carbocycles. The highest BCUT2D eigenvalue weighted by Crippen LogP contribution is 2.24. The number of benzene rings is 2. The maximum atomic E-state index is 12.6. The van der Waals surface area contributed by atoms with Gasteiger partial charge in [0, 0.05) is 5.39 Å². The van der Waals surface area contributed by atoms with E-state index in [9.17, 15) is 8.42 Å². The highest BCUT2D eigenvalue weighted by atomic mass is 32.2. The molecule has 2 aromatic rings. The minimum atomic E-state index is -3.72. The van der Waals surface area contributed by atoms with Gasteiger partial charge in [-0.05, 0) is 43.6 Å². The Balaban J connectivity index is 1.48. The zero-order chi connectivity index (χ0) is 22.9. The third kappa shape index (κ3) is 10.3. The van der Waals surface area contributed by atoms with Gasteiger partial charge in [0.25, 0.3) is 10.1 Å². The molecule has 0 saturated carbocycles. The van der Waals surface area contributed by atoms with Gasteiger partial charge in [0.15, 0.2) is 0 Å². The maximum absolute atomic E-state index is 12.6. The van der Waals surface area contributed by atoms with Crippen molar-refractivity contribution in [1.82, 2.24) is 0 Å². The fourth-order valence-electron chi connectivity index (χ4n) is 4.00. The van der Waals surface area contributed by atoms with Crippen molar-refractivity contribution in [3.8, 4) is 0 Å². The number of rotatable bonds is 18. The summed E-state index contributed by atoms with van der Waals surface area (Å²) >= 11 is 0. The normalized spacial score (nSPS) is 12.2. The molecular weight excluding hydrogens is 416 g/mol. The molecule has 0 saturated heterocycles. The van der Waals surface area contributed by atoms with E-state index in [0.717, 1.165) is 30.0 Å². The third-order valence-corrected chi connectivity index (χ3v) is 7.29. The van der Waals surface area contributed by atoms with Crippen LogP contribution in [0.25, 0.3) is 10.8 Å². The highest BCUT2D eigenvalue weighted by molar-refractivity contribution is 7.87. The molecule has 0 fully saturated rings. The Hall–Kier alpha value is -1.65. The van der Waals surface area contributed by atoms with E-state index in [1.807, 2.05) is 30.3 Å². The molecule has 0 aliphatic rings. The largest absolute Gasteiger partial charge is 0.297 e. The molecule has 0 bridgehead atoms. The van der Waals surface area contributed by atoms with Gasteiger partial charge in [0.2, 0.25) is 0 Å². The van der Waals surface area contributed by atoms with E-state index < -0.39 is 10.1 Å². The molecule has 0 aliphatic heterocycles. The average Bonchev–Trinajstić information content (AvgIpc) is 2.80. The number of allylic oxidation sites excluding steroid dienone is 2. The van der Waals surface area contributed by atoms with Gasteiger partial charge >= 0.3 is 0 Å². The number of fused-ring (bicyclic) bond motifs is 1. The first-order valence-electron chi connectivity index (χ1n) is 12.7. The first-order valence-corrected chi connectivity index (χ1v) is 14.1. The molecule has 0 radical (unpaired) electrons. The van der Waals surface area contributed by atoms with Crippen molar-refractivity contribution in [2.75, 3.05) is 6.61 Å². The lowest BCUT2D eigenvalue weighted by molar-refractivity contribution is 0.306. The minimum absolute atomic E-state index is 0.257. The van der Waals surface area contributed by atoms with Crippen LogP contribution < -0.4 is 0 Å². The lowest BCUT2D eigenvalue weighted by Gasteiger charge is -2.08. The first kappa shape index (κ1) is 26.6. The summed E-state index contributed by atoms with van der Waals surface area (Å²) in [7, 11) is -3.72. The molecule has 2 aromatic carbocycles. The zero-order valence-electron chi connectivity index (χ0n) is 19.9. The van der Waals surface area contributed by atoms with E-state index in [-0.39, 0.29) is 11.5 Å². The molecule has 178 valence electrons. The van der Waals surface area contributed by atoms with Crippen LogP contribution in [0, 0.1) is 0 Å². The number of hydrogen-bond acceptors (Lipinski definition) is 3. The summed E-state index contributed by atoms with van der Waals surface area (Å²) in [4.78, 5) is 0.264. The van der Waals surface area contributed by atoms with Crippen LogP contribution in [0.15, 0.2) is 59.5 Å². The van der Waals surface area contributed by atoms with Crippen molar-refractivity contribution in [1.29, 1.82) is 0 Å². The van der Waals surface area contributed by atoms with Crippen molar-refractivity contribution < 1.29 is 12.6 Å². The van der Waals surface area contributed by atoms with E-state index in [2.05, 4.69) is 19.1 Å². The SMILES string of the molecule is CCCCCCCC/C=C\CCCCCCCCOS(=O)(=O)c1cccc2ccccc12. The van der Waals surface area contributed by atoms with Crippen LogP contribution >= 0.6 is 0 Å². The molecule has 0 spiro atoms. The minimum Gasteiger partial charge on any atom is -0.266 e. The van der Waals surface area contributed by atoms with Gasteiger partial charge < -0.3 is 0 Å². The quantitative estimate of drug-likeness (QED) is 0.128. The second-order valence-electron chi connectivity index (χ2n) is 8.69. The van der Waals surface area contributed by atoms with Crippen molar-refractivity contribution >= 4 is 20.9 Å². The van der Waals surface area contributed by atoms with E-state index >= 15 is 0 Å². The van der Waals surface area contributed by atoms with Gasteiger partial charge in [-0.3, -0.25) is 4.18 Å². The summed E-state index contributed by atoms with van der Waals surface area (Å²) in [6, 6.07) is 12.8. The van der Waals surface area contributed by atoms with Gasteiger partial charge in [-0.1, -0.05) is 113 Å². The second kappa shape index (κ2) is 16.0. The Morgan fingerprint density at radius 2 is 1.25 bits per heavy atom. The second-order valence-corrected chi connectivity index (χ2v) is 10.3. The van der Waals surface area contributed by atoms with Gasteiger partial charge in [-0.2, -0.15) is 8.42 Å². The van der Waals surface area contributed by atoms with Crippen LogP contribution in [0.4, 0.5) is 0 Å². The predicted molar refractivity (Wildman–Crippen MR) is 137 cm³/mol. The van der Waals surface area contributed by atoms with E-state index in [1.165, 1.54) is 70.6 Å². The van der Waals surface area contributed by atoms with Crippen LogP contribution in [0.3, 0.4) is 0 Å². The summed E-state index contributed by atoms with van der Waals surface area (Å²) in [6.07, 6.45) is 21.9. The Labute approximate surface area is 196 Å². The Kier molecular flexibility index (Phi) is 13.3. The standard InChI is InChI=1S/C28H42O3S/c1-2-3-4-5-6-7-8-9-10-11-12-13-14-15-16-19-25-31-32(29,30)28-24-20-22-26-21-17-18-23-27(26)28/h9-10,17-18,20-24H,2-8,11-16,19,25H2,1H3/b10-9-. The zero-order valence-corrected chi connectivity index (χ0v) is 20.8. The van der Waals surface area contributed by atoms with Crippen LogP contribution in [-0.2, 0) is 14.3 Å². The van der Waals surface area contributed by atoms with E-state index in [1.54, 1.807) is 12.1 Å². The molecule has 32 heavy (non-hydrogen) atoms. The first-order chi connectivity index (χ1) is 15.6. The number of hydrogen-bond donors (Lipinski definition) is 0. The molecule has 4 heteroatoms. The highest BCUT2D eigenvalue weighted by Gasteiger charge is 2.17. The maximum Gasteiger partial charge on any atom is 0.297 e. The monoisotopic (exact) mass is 458 g/mol. The van der Waals surface area contributed by atoms with Crippen LogP contribution in [0.5, 0.6) is 0 Å². The molecular formula is C28H42O3S. The Bertz CT molecular complexity index is 881. The molecule has 0 amide bonds. The van der Waals surface area contributed by atoms with Gasteiger partial charge in [-0.15, -0.1) is 0 Å². The third-order valence-electron chi connectivity index (χ3n) is 5.91. The predicted octanol–water partition coefficient (Wildman–Crippen LogP) is 8.58. The van der Waals surface area contributed by atoms with Gasteiger partial charge in [0.05, 0.1) is 6.61 Å². The molecule has 3 nitrogen and oxygen atoms in total. The van der Waals surface area contributed by atoms with Crippen LogP contribution in [0.2, 0.25) is 0 Å². The summed E-state index contributed by atoms with van der Waals surface area (Å²) < 4.78 is 30.5. The van der Waals surface area contributed by atoms with E-state index in [4.69, 9.17) is 4.18 Å². The Morgan fingerprint density at radius 1 is 0.688 bits per heavy atom. The van der Waals surface area contributed by atoms with Gasteiger partial charge in [0.1, 0.15) is 4.90 Å². The smallest absolute Gasteiger partial charge is 0.266 e. The molecule has 0 atom stereocenters. The molecule has 0 heterocycles. The van der Waals surface area contributed by atoms with Crippen molar-refractivity contribution in [2.24, 2.45) is 0 Å². The van der Waals surface area contributed by atoms with Crippen LogP contribution in [0.1, 0.15) is 96.8 Å². The topological polar surface area (TPSA) is 43.4 Å². The van der Waals surface area contributed by atoms with E-state index in [0.29, 0.717) is 0 Å². The molecule has 2 rings (SSSR count). The summed E-state index contributed by atoms with van der Waals surface area (Å²) in [6.45, 7) is 2.52. The van der Waals surface area contributed by atoms with Crippen molar-refractivity contribution in [2.45, 2.75) is 102 Å². The molecule has 0 unspecified atom stereocenters. The molecule has 0 N–H and O–H groups in total. The fourth-order valence-corrected chi connectivity index (χ4v) is 5.16. The Morgan fingerprint density at radius 3 is 1.94 bits per heavy atom. The lowest BCUT2D eigenvalue weighted by Crippen LogP contribution is -2.08. The average molecular weight is 459 g/mol. The van der Waals surface area contributed by atoms with Crippen LogP contribution in [-0.4, -0.2) is 15.0 Å². The summed E-state index contributed by atoms with van der Waals surface area (Å²) in [5.74, 6) is 0. The van der Waals surface area contributed by atoms with Gasteiger partial charge in [-0.25, -0.2) is 0 Å². The number of unbranched alkanes of at least 4 members (excludes halogenated alkanes) is 12. The fraction of sp³-hybridized carbons (Fsp3) is 0.571.